The molecular weight excluding hydrogens is 268 g/mol. The largest absolute Gasteiger partial charge is 0.458 e. The molecule has 0 bridgehead atoms. The Balaban J connectivity index is 3.02. The number of hydrogen-bond acceptors (Lipinski definition) is 4. The van der Waals surface area contributed by atoms with Crippen LogP contribution >= 0.6 is 0 Å². The molecule has 0 amide bonds. The van der Waals surface area contributed by atoms with E-state index in [9.17, 15) is 15.0 Å². The molecule has 0 radical (unpaired) electrons. The number of carbonyl (C=O) groups excluding carboxylic acids is 1. The number of rotatable bonds is 2. The van der Waals surface area contributed by atoms with Crippen LogP contribution < -0.4 is 0 Å². The van der Waals surface area contributed by atoms with Gasteiger partial charge in [0, 0.05) is 6.92 Å². The molecule has 0 heterocycles. The third-order valence-electron chi connectivity index (χ3n) is 4.06. The van der Waals surface area contributed by atoms with E-state index < -0.39 is 24.3 Å². The minimum absolute atomic E-state index is 0.0249. The molecule has 4 atom stereocenters. The monoisotopic (exact) mass is 294 g/mol. The third-order valence-corrected chi connectivity index (χ3v) is 4.06. The van der Waals surface area contributed by atoms with E-state index >= 15 is 0 Å². The van der Waals surface area contributed by atoms with Crippen molar-refractivity contribution >= 4 is 5.97 Å². The quantitative estimate of drug-likeness (QED) is 0.606. The van der Waals surface area contributed by atoms with E-state index in [1.807, 2.05) is 6.92 Å². The van der Waals surface area contributed by atoms with Crippen molar-refractivity contribution in [3.8, 4) is 0 Å². The molecule has 4 nitrogen and oxygen atoms in total. The molecule has 1 aliphatic rings. The molecule has 1 aliphatic carbocycles. The Labute approximate surface area is 126 Å². The lowest BCUT2D eigenvalue weighted by molar-refractivity contribution is -0.145. The number of carbonyl (C=O) groups is 1. The zero-order chi connectivity index (χ0) is 16.2. The van der Waals surface area contributed by atoms with Gasteiger partial charge >= 0.3 is 5.97 Å². The van der Waals surface area contributed by atoms with Gasteiger partial charge in [-0.2, -0.15) is 0 Å². The van der Waals surface area contributed by atoms with Crippen LogP contribution in [0.1, 0.15) is 39.5 Å². The molecule has 1 fully saturated rings. The molecule has 2 N–H and O–H groups in total. The lowest BCUT2D eigenvalue weighted by atomic mass is 9.82. The van der Waals surface area contributed by atoms with Crippen molar-refractivity contribution in [1.29, 1.82) is 0 Å². The Morgan fingerprint density at radius 1 is 1.19 bits per heavy atom. The van der Waals surface area contributed by atoms with E-state index in [2.05, 4.69) is 19.7 Å². The summed E-state index contributed by atoms with van der Waals surface area (Å²) in [6.07, 6.45) is -0.0747. The van der Waals surface area contributed by atoms with Gasteiger partial charge in [0.2, 0.25) is 0 Å². The molecular formula is C17H26O4. The van der Waals surface area contributed by atoms with Gasteiger partial charge in [0.05, 0.1) is 12.2 Å². The maximum atomic E-state index is 11.3. The first-order valence-corrected chi connectivity index (χ1v) is 7.27. The number of aliphatic hydroxyl groups is 2. The Hall–Kier alpha value is -1.39. The lowest BCUT2D eigenvalue weighted by Crippen LogP contribution is -2.31. The van der Waals surface area contributed by atoms with Crippen molar-refractivity contribution in [2.75, 3.05) is 0 Å². The average Bonchev–Trinajstić information content (AvgIpc) is 2.39. The van der Waals surface area contributed by atoms with Gasteiger partial charge in [-0.1, -0.05) is 25.3 Å². The van der Waals surface area contributed by atoms with Gasteiger partial charge < -0.3 is 14.9 Å². The summed E-state index contributed by atoms with van der Waals surface area (Å²) >= 11 is 0. The standard InChI is InChI=1S/C17H26O4/c1-10(2)14-8-16(20)11(3)6-7-15(19)12(4)17(9-14)21-13(5)18/h14-17,19-20H,1,3-4,6-9H2,2,5H3/t14-,15+,16+,17-/m0/s1. The normalized spacial score (nSPS) is 31.6. The summed E-state index contributed by atoms with van der Waals surface area (Å²) in [6, 6.07) is 0. The summed E-state index contributed by atoms with van der Waals surface area (Å²) in [4.78, 5) is 11.3. The molecule has 0 aromatic carbocycles. The summed E-state index contributed by atoms with van der Waals surface area (Å²) in [5, 5.41) is 20.4. The van der Waals surface area contributed by atoms with Gasteiger partial charge in [-0.05, 0) is 49.7 Å². The zero-order valence-corrected chi connectivity index (χ0v) is 13.0. The topological polar surface area (TPSA) is 66.8 Å². The molecule has 1 rings (SSSR count). The molecule has 0 aromatic heterocycles. The molecule has 118 valence electrons. The van der Waals surface area contributed by atoms with Crippen LogP contribution in [-0.2, 0) is 9.53 Å². The highest BCUT2D eigenvalue weighted by Gasteiger charge is 2.29. The number of allylic oxidation sites excluding steroid dienone is 1. The fourth-order valence-corrected chi connectivity index (χ4v) is 2.56. The minimum Gasteiger partial charge on any atom is -0.458 e. The van der Waals surface area contributed by atoms with Crippen LogP contribution in [0.2, 0.25) is 0 Å². The molecule has 0 saturated heterocycles. The van der Waals surface area contributed by atoms with Crippen LogP contribution in [-0.4, -0.2) is 34.5 Å². The summed E-state index contributed by atoms with van der Waals surface area (Å²) in [5.41, 5.74) is 2.11. The van der Waals surface area contributed by atoms with E-state index in [1.54, 1.807) is 0 Å². The Morgan fingerprint density at radius 2 is 1.81 bits per heavy atom. The highest BCUT2D eigenvalue weighted by Crippen LogP contribution is 2.31. The molecule has 0 unspecified atom stereocenters. The highest BCUT2D eigenvalue weighted by atomic mass is 16.5. The Kier molecular flexibility index (Phi) is 6.37. The lowest BCUT2D eigenvalue weighted by Gasteiger charge is -2.31. The summed E-state index contributed by atoms with van der Waals surface area (Å²) in [7, 11) is 0. The van der Waals surface area contributed by atoms with E-state index in [-0.39, 0.29) is 5.92 Å². The third kappa shape index (κ3) is 5.14. The molecule has 4 heteroatoms. The highest BCUT2D eigenvalue weighted by molar-refractivity contribution is 5.66. The average molecular weight is 294 g/mol. The second kappa shape index (κ2) is 7.57. The smallest absolute Gasteiger partial charge is 0.303 e. The fraction of sp³-hybridized carbons (Fsp3) is 0.588. The molecule has 0 aliphatic heterocycles. The summed E-state index contributed by atoms with van der Waals surface area (Å²) in [5.74, 6) is -0.431. The molecule has 21 heavy (non-hydrogen) atoms. The van der Waals surface area contributed by atoms with Crippen LogP contribution in [0, 0.1) is 5.92 Å². The van der Waals surface area contributed by atoms with Crippen molar-refractivity contribution in [2.24, 2.45) is 5.92 Å². The first-order chi connectivity index (χ1) is 9.72. The molecule has 0 aromatic rings. The first-order valence-electron chi connectivity index (χ1n) is 7.27. The van der Waals surface area contributed by atoms with Crippen molar-refractivity contribution in [3.05, 3.63) is 36.5 Å². The molecule has 0 spiro atoms. The SMILES string of the molecule is C=C(C)[C@H]1C[C@@H](O)C(=C)CC[C@@H](O)C(=C)[C@@H](OC(C)=O)C1. The van der Waals surface area contributed by atoms with Gasteiger partial charge in [-0.15, -0.1) is 0 Å². The van der Waals surface area contributed by atoms with Crippen LogP contribution in [0.25, 0.3) is 0 Å². The maximum absolute atomic E-state index is 11.3. The van der Waals surface area contributed by atoms with Crippen LogP contribution in [0.15, 0.2) is 36.5 Å². The number of aliphatic hydroxyl groups excluding tert-OH is 2. The van der Waals surface area contributed by atoms with E-state index in [0.717, 1.165) is 5.57 Å². The second-order valence-electron chi connectivity index (χ2n) is 5.92. The minimum atomic E-state index is -0.776. The number of esters is 1. The van der Waals surface area contributed by atoms with Crippen molar-refractivity contribution in [2.45, 2.75) is 57.8 Å². The zero-order valence-electron chi connectivity index (χ0n) is 13.0. The first kappa shape index (κ1) is 17.7. The van der Waals surface area contributed by atoms with E-state index in [1.165, 1.54) is 6.92 Å². The fourth-order valence-electron chi connectivity index (χ4n) is 2.56. The van der Waals surface area contributed by atoms with Gasteiger partial charge in [-0.3, -0.25) is 4.79 Å². The molecule has 1 saturated carbocycles. The number of hydrogen-bond donors (Lipinski definition) is 2. The second-order valence-corrected chi connectivity index (χ2v) is 5.92. The van der Waals surface area contributed by atoms with E-state index in [4.69, 9.17) is 4.74 Å². The van der Waals surface area contributed by atoms with Gasteiger partial charge in [0.15, 0.2) is 0 Å². The van der Waals surface area contributed by atoms with Gasteiger partial charge in [-0.25, -0.2) is 0 Å². The van der Waals surface area contributed by atoms with Crippen LogP contribution in [0.3, 0.4) is 0 Å². The van der Waals surface area contributed by atoms with Gasteiger partial charge in [0.1, 0.15) is 6.10 Å². The van der Waals surface area contributed by atoms with Crippen molar-refractivity contribution in [1.82, 2.24) is 0 Å². The van der Waals surface area contributed by atoms with Crippen molar-refractivity contribution in [3.63, 3.8) is 0 Å². The Bertz CT molecular complexity index is 438. The number of ether oxygens (including phenoxy) is 1. The van der Waals surface area contributed by atoms with E-state index in [0.29, 0.717) is 36.8 Å². The van der Waals surface area contributed by atoms with Crippen LogP contribution in [0.5, 0.6) is 0 Å². The predicted octanol–water partition coefficient (Wildman–Crippen LogP) is 2.52. The summed E-state index contributed by atoms with van der Waals surface area (Å²) < 4.78 is 5.30. The van der Waals surface area contributed by atoms with Gasteiger partial charge in [0.25, 0.3) is 0 Å². The summed E-state index contributed by atoms with van der Waals surface area (Å²) in [6.45, 7) is 14.9. The van der Waals surface area contributed by atoms with Crippen molar-refractivity contribution < 1.29 is 19.7 Å². The maximum Gasteiger partial charge on any atom is 0.303 e. The Morgan fingerprint density at radius 3 is 2.33 bits per heavy atom. The van der Waals surface area contributed by atoms with Crippen LogP contribution in [0.4, 0.5) is 0 Å². The predicted molar refractivity (Wildman–Crippen MR) is 82.6 cm³/mol.